The first-order valence-corrected chi connectivity index (χ1v) is 13.0. The fourth-order valence-corrected chi connectivity index (χ4v) is 4.78. The number of halogens is 3. The summed E-state index contributed by atoms with van der Waals surface area (Å²) >= 11 is 0. The minimum absolute atomic E-state index is 0.172. The van der Waals surface area contributed by atoms with E-state index >= 15 is 0 Å². The smallest absolute Gasteiger partial charge is 0.333 e. The molecule has 1 aromatic carbocycles. The summed E-state index contributed by atoms with van der Waals surface area (Å²) in [7, 11) is -3.54. The molecule has 0 fully saturated rings. The fraction of sp³-hybridized carbons (Fsp3) is 0.185. The van der Waals surface area contributed by atoms with Gasteiger partial charge in [0.15, 0.2) is 9.84 Å². The van der Waals surface area contributed by atoms with Gasteiger partial charge < -0.3 is 4.90 Å². The highest BCUT2D eigenvalue weighted by molar-refractivity contribution is 7.94. The summed E-state index contributed by atoms with van der Waals surface area (Å²) in [5.41, 5.74) is 1.53. The van der Waals surface area contributed by atoms with Crippen LogP contribution in [0.15, 0.2) is 108 Å². The second-order valence-corrected chi connectivity index (χ2v) is 10.5. The molecule has 1 atom stereocenters. The summed E-state index contributed by atoms with van der Waals surface area (Å²) in [6.07, 6.45) is 10.5. The zero-order valence-electron chi connectivity index (χ0n) is 19.4. The van der Waals surface area contributed by atoms with Crippen LogP contribution in [-0.2, 0) is 22.4 Å². The fourth-order valence-electron chi connectivity index (χ4n) is 4.05. The van der Waals surface area contributed by atoms with Crippen molar-refractivity contribution >= 4 is 15.5 Å². The van der Waals surface area contributed by atoms with E-state index in [2.05, 4.69) is 9.97 Å². The highest BCUT2D eigenvalue weighted by atomic mass is 32.2. The first kappa shape index (κ1) is 25.4. The lowest BCUT2D eigenvalue weighted by atomic mass is 9.97. The Morgan fingerprint density at radius 2 is 1.78 bits per heavy atom. The van der Waals surface area contributed by atoms with E-state index in [-0.39, 0.29) is 17.0 Å². The molecule has 0 saturated carbocycles. The zero-order valence-corrected chi connectivity index (χ0v) is 20.2. The molecule has 1 unspecified atom stereocenters. The zero-order chi connectivity index (χ0) is 25.8. The molecule has 0 radical (unpaired) electrons. The van der Waals surface area contributed by atoms with Gasteiger partial charge in [-0.15, -0.1) is 0 Å². The maximum Gasteiger partial charge on any atom is 0.416 e. The number of anilines is 1. The molecule has 0 spiro atoms. The average molecular weight is 512 g/mol. The van der Waals surface area contributed by atoms with Gasteiger partial charge in [-0.1, -0.05) is 30.4 Å². The minimum atomic E-state index is -4.54. The van der Waals surface area contributed by atoms with Crippen LogP contribution in [-0.4, -0.2) is 24.6 Å². The Labute approximate surface area is 208 Å². The van der Waals surface area contributed by atoms with Gasteiger partial charge in [-0.05, 0) is 60.0 Å². The van der Waals surface area contributed by atoms with Crippen LogP contribution >= 0.6 is 0 Å². The number of allylic oxidation sites excluding steroid dienone is 5. The molecule has 0 N–H and O–H groups in total. The van der Waals surface area contributed by atoms with Gasteiger partial charge in [-0.2, -0.15) is 13.2 Å². The van der Waals surface area contributed by atoms with E-state index in [0.717, 1.165) is 29.5 Å². The Kier molecular flexibility index (Phi) is 7.40. The Hall–Kier alpha value is -3.72. The van der Waals surface area contributed by atoms with Gasteiger partial charge in [0.1, 0.15) is 0 Å². The van der Waals surface area contributed by atoms with Crippen LogP contribution in [0, 0.1) is 0 Å². The number of benzene rings is 1. The third-order valence-corrected chi connectivity index (χ3v) is 7.01. The van der Waals surface area contributed by atoms with Crippen molar-refractivity contribution in [2.24, 2.45) is 0 Å². The summed E-state index contributed by atoms with van der Waals surface area (Å²) < 4.78 is 65.9. The first-order valence-electron chi connectivity index (χ1n) is 11.2. The quantitative estimate of drug-likeness (QED) is 0.386. The van der Waals surface area contributed by atoms with E-state index in [1.165, 1.54) is 12.1 Å². The Balaban J connectivity index is 1.95. The molecule has 1 aliphatic carbocycles. The van der Waals surface area contributed by atoms with Crippen molar-refractivity contribution in [3.05, 3.63) is 125 Å². The number of aromatic nitrogens is 2. The molecular formula is C27H24F3N3O2S. The highest BCUT2D eigenvalue weighted by Crippen LogP contribution is 2.38. The van der Waals surface area contributed by atoms with Gasteiger partial charge in [0.25, 0.3) is 0 Å². The maximum atomic E-state index is 13.7. The van der Waals surface area contributed by atoms with Crippen LogP contribution in [0.2, 0.25) is 0 Å². The van der Waals surface area contributed by atoms with Crippen LogP contribution in [0.25, 0.3) is 0 Å². The van der Waals surface area contributed by atoms with Crippen LogP contribution in [0.4, 0.5) is 18.9 Å². The summed E-state index contributed by atoms with van der Waals surface area (Å²) in [5, 5.41) is 0. The van der Waals surface area contributed by atoms with Crippen LogP contribution in [0.3, 0.4) is 0 Å². The normalized spacial score (nSPS) is 15.0. The molecule has 0 bridgehead atoms. The third kappa shape index (κ3) is 6.09. The van der Waals surface area contributed by atoms with Crippen molar-refractivity contribution in [3.63, 3.8) is 0 Å². The Morgan fingerprint density at radius 3 is 2.42 bits per heavy atom. The maximum absolute atomic E-state index is 13.7. The van der Waals surface area contributed by atoms with Crippen LogP contribution in [0.1, 0.15) is 29.2 Å². The van der Waals surface area contributed by atoms with Crippen molar-refractivity contribution in [1.82, 2.24) is 9.97 Å². The second kappa shape index (κ2) is 10.5. The number of hydrogen-bond donors (Lipinski definition) is 0. The van der Waals surface area contributed by atoms with Crippen molar-refractivity contribution in [2.75, 3.05) is 11.2 Å². The molecule has 186 valence electrons. The number of rotatable bonds is 7. The van der Waals surface area contributed by atoms with Crippen molar-refractivity contribution < 1.29 is 21.6 Å². The first-order chi connectivity index (χ1) is 17.1. The monoisotopic (exact) mass is 511 g/mol. The molecular weight excluding hydrogens is 487 g/mol. The molecule has 1 aliphatic rings. The summed E-state index contributed by atoms with van der Waals surface area (Å²) in [4.78, 5) is 10.3. The largest absolute Gasteiger partial charge is 0.416 e. The van der Waals surface area contributed by atoms with Crippen molar-refractivity contribution in [3.8, 4) is 0 Å². The van der Waals surface area contributed by atoms with Gasteiger partial charge in [-0.3, -0.25) is 9.97 Å². The van der Waals surface area contributed by atoms with E-state index < -0.39 is 27.6 Å². The molecule has 4 rings (SSSR count). The molecule has 0 amide bonds. The van der Waals surface area contributed by atoms with E-state index in [1.807, 2.05) is 12.1 Å². The average Bonchev–Trinajstić information content (AvgIpc) is 3.11. The molecule has 2 aromatic heterocycles. The highest BCUT2D eigenvalue weighted by Gasteiger charge is 2.32. The number of pyridine rings is 2. The topological polar surface area (TPSA) is 63.2 Å². The van der Waals surface area contributed by atoms with Crippen LogP contribution < -0.4 is 4.90 Å². The Bertz CT molecular complexity index is 1400. The van der Waals surface area contributed by atoms with Gasteiger partial charge in [-0.25, -0.2) is 8.42 Å². The van der Waals surface area contributed by atoms with Gasteiger partial charge in [0.05, 0.1) is 11.6 Å². The van der Waals surface area contributed by atoms with Crippen molar-refractivity contribution in [2.45, 2.75) is 25.1 Å². The number of nitrogens with zero attached hydrogens (tertiary/aromatic N) is 3. The third-order valence-electron chi connectivity index (χ3n) is 5.77. The number of hydrogen-bond acceptors (Lipinski definition) is 5. The minimum Gasteiger partial charge on any atom is -0.333 e. The molecule has 0 aliphatic heterocycles. The lowest BCUT2D eigenvalue weighted by Gasteiger charge is -2.35. The Morgan fingerprint density at radius 1 is 1.03 bits per heavy atom. The molecule has 0 saturated heterocycles. The predicted octanol–water partition coefficient (Wildman–Crippen LogP) is 6.06. The number of sulfone groups is 1. The summed E-state index contributed by atoms with van der Waals surface area (Å²) in [6.45, 7) is 0. The SMILES string of the molecule is CS(=O)(=O)C1=CC(N(c2cccc(C(F)(F)F)c2)C(Cc2cccnc2)c2cccnc2)=CC=CC1. The molecule has 5 nitrogen and oxygen atoms in total. The lowest BCUT2D eigenvalue weighted by Crippen LogP contribution is -2.30. The van der Waals surface area contributed by atoms with E-state index in [1.54, 1.807) is 66.1 Å². The van der Waals surface area contributed by atoms with E-state index in [0.29, 0.717) is 12.1 Å². The number of alkyl halides is 3. The predicted molar refractivity (Wildman–Crippen MR) is 134 cm³/mol. The molecule has 2 heterocycles. The lowest BCUT2D eigenvalue weighted by molar-refractivity contribution is -0.137. The second-order valence-electron chi connectivity index (χ2n) is 8.39. The van der Waals surface area contributed by atoms with Crippen molar-refractivity contribution in [1.29, 1.82) is 0 Å². The van der Waals surface area contributed by atoms with E-state index in [4.69, 9.17) is 0 Å². The van der Waals surface area contributed by atoms with Crippen LogP contribution in [0.5, 0.6) is 0 Å². The van der Waals surface area contributed by atoms with Gasteiger partial charge >= 0.3 is 6.18 Å². The molecule has 9 heteroatoms. The summed E-state index contributed by atoms with van der Waals surface area (Å²) in [6, 6.07) is 11.8. The summed E-state index contributed by atoms with van der Waals surface area (Å²) in [5.74, 6) is 0. The van der Waals surface area contributed by atoms with E-state index in [9.17, 15) is 21.6 Å². The standard InChI is InChI=1S/C27H24F3N3O2S/c1-36(34,35)25-12-3-2-10-24(17-25)33(23-11-4-9-22(16-23)27(28,29)30)26(21-8-6-14-32-19-21)15-20-7-5-13-31-18-20/h2-11,13-14,16-19,26H,12,15H2,1H3. The molecule has 36 heavy (non-hydrogen) atoms. The van der Waals surface area contributed by atoms with Gasteiger partial charge in [0.2, 0.25) is 0 Å². The van der Waals surface area contributed by atoms with Gasteiger partial charge in [0, 0.05) is 53.8 Å². The molecule has 3 aromatic rings.